The van der Waals surface area contributed by atoms with Gasteiger partial charge in [0.1, 0.15) is 5.01 Å². The van der Waals surface area contributed by atoms with Gasteiger partial charge in [0.25, 0.3) is 0 Å². The van der Waals surface area contributed by atoms with Gasteiger partial charge in [-0.25, -0.2) is 4.98 Å². The molecule has 0 bridgehead atoms. The molecule has 1 rings (SSSR count). The van der Waals surface area contributed by atoms with Gasteiger partial charge in [-0.05, 0) is 19.9 Å². The predicted octanol–water partition coefficient (Wildman–Crippen LogP) is 2.53. The Kier molecular flexibility index (Phi) is 6.60. The van der Waals surface area contributed by atoms with Crippen molar-refractivity contribution in [1.82, 2.24) is 9.88 Å². The summed E-state index contributed by atoms with van der Waals surface area (Å²) in [5.41, 5.74) is 6.18. The van der Waals surface area contributed by atoms with Crippen molar-refractivity contribution in [2.75, 3.05) is 13.1 Å². The molecule has 0 aliphatic carbocycles. The first-order valence-electron chi connectivity index (χ1n) is 6.11. The first kappa shape index (κ1) is 15.4. The number of amides is 1. The molecule has 18 heavy (non-hydrogen) atoms. The van der Waals surface area contributed by atoms with Gasteiger partial charge in [-0.3, -0.25) is 9.69 Å². The third-order valence-corrected chi connectivity index (χ3v) is 4.11. The fourth-order valence-corrected chi connectivity index (χ4v) is 2.84. The predicted molar refractivity (Wildman–Crippen MR) is 75.8 cm³/mol. The molecule has 0 radical (unpaired) electrons. The highest BCUT2D eigenvalue weighted by molar-refractivity contribution is 7.09. The number of carbonyl (C=O) groups excluding carboxylic acids is 1. The largest absolute Gasteiger partial charge is 0.369 e. The molecule has 4 nitrogen and oxygen atoms in total. The van der Waals surface area contributed by atoms with Crippen LogP contribution in [0, 0.1) is 0 Å². The Balaban J connectivity index is 2.73. The Labute approximate surface area is 117 Å². The van der Waals surface area contributed by atoms with Crippen LogP contribution in [-0.4, -0.2) is 28.9 Å². The van der Waals surface area contributed by atoms with E-state index in [9.17, 15) is 4.79 Å². The van der Waals surface area contributed by atoms with Crippen LogP contribution < -0.4 is 5.73 Å². The second kappa shape index (κ2) is 7.71. The lowest BCUT2D eigenvalue weighted by atomic mass is 10.2. The first-order chi connectivity index (χ1) is 8.58. The standard InChI is InChI=1S/C12H20ClN3OS/c1-3-4-5-16(7-11(14)17)9(2)12-15-10(6-13)8-18-12/h8-9H,3-7H2,1-2H3,(H2,14,17). The molecule has 6 heteroatoms. The zero-order chi connectivity index (χ0) is 13.5. The number of nitrogens with zero attached hydrogens (tertiary/aromatic N) is 2. The van der Waals surface area contributed by atoms with E-state index in [4.69, 9.17) is 17.3 Å². The van der Waals surface area contributed by atoms with Gasteiger partial charge in [0.05, 0.1) is 24.2 Å². The molecule has 0 aliphatic rings. The van der Waals surface area contributed by atoms with Crippen LogP contribution in [0.1, 0.15) is 43.4 Å². The van der Waals surface area contributed by atoms with Gasteiger partial charge >= 0.3 is 0 Å². The van der Waals surface area contributed by atoms with Crippen molar-refractivity contribution in [3.8, 4) is 0 Å². The SMILES string of the molecule is CCCCN(CC(N)=O)C(C)c1nc(CCl)cs1. The lowest BCUT2D eigenvalue weighted by Gasteiger charge is -2.26. The van der Waals surface area contributed by atoms with Crippen LogP contribution >= 0.6 is 22.9 Å². The molecule has 2 N–H and O–H groups in total. The summed E-state index contributed by atoms with van der Waals surface area (Å²) in [7, 11) is 0. The number of unbranched alkanes of at least 4 members (excludes halogenated alkanes) is 1. The molecular weight excluding hydrogens is 270 g/mol. The summed E-state index contributed by atoms with van der Waals surface area (Å²) in [5.74, 6) is 0.126. The number of nitrogens with two attached hydrogens (primary N) is 1. The second-order valence-corrected chi connectivity index (χ2v) is 5.43. The van der Waals surface area contributed by atoms with Crippen molar-refractivity contribution in [2.24, 2.45) is 5.73 Å². The number of halogens is 1. The number of hydrogen-bond donors (Lipinski definition) is 1. The number of carbonyl (C=O) groups is 1. The van der Waals surface area contributed by atoms with Gasteiger partial charge in [-0.2, -0.15) is 0 Å². The lowest BCUT2D eigenvalue weighted by molar-refractivity contribution is -0.119. The Hall–Kier alpha value is -0.650. The minimum Gasteiger partial charge on any atom is -0.369 e. The maximum Gasteiger partial charge on any atom is 0.231 e. The van der Waals surface area contributed by atoms with Crippen LogP contribution in [0.5, 0.6) is 0 Å². The highest BCUT2D eigenvalue weighted by atomic mass is 35.5. The van der Waals surface area contributed by atoms with Crippen molar-refractivity contribution < 1.29 is 4.79 Å². The van der Waals surface area contributed by atoms with Gasteiger partial charge < -0.3 is 5.73 Å². The van der Waals surface area contributed by atoms with E-state index in [0.717, 1.165) is 30.1 Å². The quantitative estimate of drug-likeness (QED) is 0.748. The smallest absolute Gasteiger partial charge is 0.231 e. The third kappa shape index (κ3) is 4.55. The van der Waals surface area contributed by atoms with E-state index in [1.807, 2.05) is 5.38 Å². The molecule has 1 unspecified atom stereocenters. The van der Waals surface area contributed by atoms with Gasteiger partial charge in [0.15, 0.2) is 0 Å². The summed E-state index contributed by atoms with van der Waals surface area (Å²) < 4.78 is 0. The van der Waals surface area contributed by atoms with Crippen molar-refractivity contribution in [3.05, 3.63) is 16.1 Å². The fourth-order valence-electron chi connectivity index (χ4n) is 1.70. The molecule has 102 valence electrons. The normalized spacial score (nSPS) is 12.9. The van der Waals surface area contributed by atoms with Gasteiger partial charge in [-0.15, -0.1) is 22.9 Å². The van der Waals surface area contributed by atoms with Crippen LogP contribution in [0.25, 0.3) is 0 Å². The average Bonchev–Trinajstić information content (AvgIpc) is 2.81. The summed E-state index contributed by atoms with van der Waals surface area (Å²) in [6.07, 6.45) is 2.14. The lowest BCUT2D eigenvalue weighted by Crippen LogP contribution is -2.36. The van der Waals surface area contributed by atoms with Crippen LogP contribution in [-0.2, 0) is 10.7 Å². The molecule has 0 fully saturated rings. The van der Waals surface area contributed by atoms with E-state index in [1.54, 1.807) is 11.3 Å². The molecule has 1 aromatic heterocycles. The van der Waals surface area contributed by atoms with E-state index in [2.05, 4.69) is 23.7 Å². The van der Waals surface area contributed by atoms with E-state index < -0.39 is 0 Å². The highest BCUT2D eigenvalue weighted by Crippen LogP contribution is 2.24. The van der Waals surface area contributed by atoms with E-state index >= 15 is 0 Å². The topological polar surface area (TPSA) is 59.2 Å². The Morgan fingerprint density at radius 3 is 2.89 bits per heavy atom. The summed E-state index contributed by atoms with van der Waals surface area (Å²) >= 11 is 7.33. The number of rotatable bonds is 8. The molecule has 0 aliphatic heterocycles. The van der Waals surface area contributed by atoms with Crippen molar-refractivity contribution in [3.63, 3.8) is 0 Å². The first-order valence-corrected chi connectivity index (χ1v) is 7.52. The average molecular weight is 290 g/mol. The van der Waals surface area contributed by atoms with Crippen molar-refractivity contribution in [2.45, 2.75) is 38.6 Å². The molecule has 1 aromatic rings. The Morgan fingerprint density at radius 1 is 1.67 bits per heavy atom. The Morgan fingerprint density at radius 2 is 2.39 bits per heavy atom. The van der Waals surface area contributed by atoms with E-state index in [0.29, 0.717) is 5.88 Å². The molecule has 0 saturated heterocycles. The molecule has 0 spiro atoms. The van der Waals surface area contributed by atoms with Crippen molar-refractivity contribution >= 4 is 28.8 Å². The third-order valence-electron chi connectivity index (χ3n) is 2.77. The van der Waals surface area contributed by atoms with Crippen molar-refractivity contribution in [1.29, 1.82) is 0 Å². The summed E-state index contributed by atoms with van der Waals surface area (Å²) in [6.45, 7) is 5.31. The number of hydrogen-bond acceptors (Lipinski definition) is 4. The molecule has 0 saturated carbocycles. The highest BCUT2D eigenvalue weighted by Gasteiger charge is 2.19. The molecule has 1 amide bonds. The minimum atomic E-state index is -0.299. The molecule has 0 aromatic carbocycles. The number of aromatic nitrogens is 1. The fraction of sp³-hybridized carbons (Fsp3) is 0.667. The van der Waals surface area contributed by atoms with E-state index in [1.165, 1.54) is 0 Å². The maximum absolute atomic E-state index is 11.1. The molecule has 1 atom stereocenters. The Bertz CT molecular complexity index is 383. The van der Waals surface area contributed by atoms with Crippen LogP contribution in [0.15, 0.2) is 5.38 Å². The zero-order valence-electron chi connectivity index (χ0n) is 10.9. The van der Waals surface area contributed by atoms with Gasteiger partial charge in [0.2, 0.25) is 5.91 Å². The number of thiazole rings is 1. The maximum atomic E-state index is 11.1. The zero-order valence-corrected chi connectivity index (χ0v) is 12.4. The molecular formula is C12H20ClN3OS. The summed E-state index contributed by atoms with van der Waals surface area (Å²) in [4.78, 5) is 17.6. The van der Waals surface area contributed by atoms with E-state index in [-0.39, 0.29) is 18.5 Å². The second-order valence-electron chi connectivity index (χ2n) is 4.28. The monoisotopic (exact) mass is 289 g/mol. The summed E-state index contributed by atoms with van der Waals surface area (Å²) in [6, 6.07) is 0.103. The molecule has 1 heterocycles. The van der Waals surface area contributed by atoms with Gasteiger partial charge in [0, 0.05) is 5.38 Å². The van der Waals surface area contributed by atoms with Gasteiger partial charge in [-0.1, -0.05) is 13.3 Å². The summed E-state index contributed by atoms with van der Waals surface area (Å²) in [5, 5.41) is 2.95. The number of alkyl halides is 1. The van der Waals surface area contributed by atoms with Crippen LogP contribution in [0.4, 0.5) is 0 Å². The minimum absolute atomic E-state index is 0.103. The van der Waals surface area contributed by atoms with Crippen LogP contribution in [0.3, 0.4) is 0 Å². The number of primary amides is 1. The van der Waals surface area contributed by atoms with Crippen LogP contribution in [0.2, 0.25) is 0 Å².